The summed E-state index contributed by atoms with van der Waals surface area (Å²) in [5.41, 5.74) is 12.9. The number of pyridine rings is 1. The summed E-state index contributed by atoms with van der Waals surface area (Å²) in [4.78, 5) is 10.8. The summed E-state index contributed by atoms with van der Waals surface area (Å²) in [6.45, 7) is 25.1. The van der Waals surface area contributed by atoms with Gasteiger partial charge in [-0.1, -0.05) is 195 Å². The number of nitrogens with zero attached hydrogens (tertiary/aromatic N) is 3. The number of aromatic nitrogens is 3. The summed E-state index contributed by atoms with van der Waals surface area (Å²) in [7, 11) is -2.60. The van der Waals surface area contributed by atoms with Crippen LogP contribution in [0.3, 0.4) is 0 Å². The number of hydrogen-bond acceptors (Lipinski definition) is 3. The van der Waals surface area contributed by atoms with E-state index in [4.69, 9.17) is 9.97 Å². The molecule has 0 aliphatic carbocycles. The van der Waals surface area contributed by atoms with E-state index in [0.717, 1.165) is 78.2 Å². The summed E-state index contributed by atoms with van der Waals surface area (Å²) in [6, 6.07) is 49.7. The molecule has 0 radical (unpaired) electrons. The first-order valence-corrected chi connectivity index (χ1v) is 24.6. The van der Waals surface area contributed by atoms with Gasteiger partial charge >= 0.3 is 0 Å². The van der Waals surface area contributed by atoms with Gasteiger partial charge in [-0.2, -0.15) is 0 Å². The van der Waals surface area contributed by atoms with Gasteiger partial charge in [0.2, 0.25) is 0 Å². The van der Waals surface area contributed by atoms with Gasteiger partial charge < -0.3 is 5.11 Å². The Morgan fingerprint density at radius 1 is 0.597 bits per heavy atom. The second-order valence-electron chi connectivity index (χ2n) is 20.4. The monoisotopic (exact) mass is 1010 g/mol. The van der Waals surface area contributed by atoms with Crippen LogP contribution in [0.1, 0.15) is 79.0 Å². The average molecular weight is 1010 g/mol. The van der Waals surface area contributed by atoms with Crippen molar-refractivity contribution in [1.29, 1.82) is 0 Å². The minimum Gasteiger partial charge on any atom is -0.507 e. The van der Waals surface area contributed by atoms with Crippen molar-refractivity contribution < 1.29 is 26.2 Å². The predicted octanol–water partition coefficient (Wildman–Crippen LogP) is 13.3. The Kier molecular flexibility index (Phi) is 10.8. The van der Waals surface area contributed by atoms with Crippen LogP contribution in [-0.4, -0.2) is 27.7 Å². The Balaban J connectivity index is 0.00000529. The maximum atomic E-state index is 12.6. The molecule has 62 heavy (non-hydrogen) atoms. The molecule has 1 aliphatic rings. The van der Waals surface area contributed by atoms with Crippen LogP contribution in [0, 0.1) is 6.07 Å². The van der Waals surface area contributed by atoms with Crippen molar-refractivity contribution in [3.63, 3.8) is 0 Å². The third-order valence-corrected chi connectivity index (χ3v) is 16.1. The van der Waals surface area contributed by atoms with Crippen molar-refractivity contribution in [3.8, 4) is 67.6 Å². The van der Waals surface area contributed by atoms with Crippen LogP contribution < -0.4 is 10.5 Å². The fourth-order valence-corrected chi connectivity index (χ4v) is 12.6. The molecule has 9 rings (SSSR count). The first kappa shape index (κ1) is 43.3. The smallest absolute Gasteiger partial charge is 0.148 e. The van der Waals surface area contributed by atoms with E-state index >= 15 is 0 Å². The van der Waals surface area contributed by atoms with Crippen LogP contribution in [0.15, 0.2) is 134 Å². The van der Waals surface area contributed by atoms with Gasteiger partial charge in [0.05, 0.1) is 16.9 Å². The molecule has 6 aromatic carbocycles. The average Bonchev–Trinajstić information content (AvgIpc) is 3.60. The molecule has 0 atom stereocenters. The standard InChI is InChI=1S/C56H56N3OSi.Pt/c1-54(2,3)38-33-44(51(60)46(34-38)56(7,8)9)52-58-50(53-59(52)48-26-17-15-22-40(48)41-23-16-18-27-49(41)61(53,10)11)42-25-19-24-39-43(42)30-37(31-45(39)55(4,5)6)47-32-36(28-29-57-47)35-20-13-12-14-21-35;/h12-29,31-34,60H,1-11H3;/q-1;. The van der Waals surface area contributed by atoms with Crippen molar-refractivity contribution in [2.75, 3.05) is 0 Å². The molecule has 0 unspecified atom stereocenters. The molecule has 8 aromatic rings. The van der Waals surface area contributed by atoms with Crippen LogP contribution in [0.2, 0.25) is 13.1 Å². The van der Waals surface area contributed by atoms with E-state index in [1.165, 1.54) is 21.6 Å². The second-order valence-corrected chi connectivity index (χ2v) is 24.7. The molecule has 3 heterocycles. The van der Waals surface area contributed by atoms with Gasteiger partial charge in [0, 0.05) is 49.4 Å². The molecular weight excluding hydrogens is 954 g/mol. The van der Waals surface area contributed by atoms with Crippen LogP contribution in [-0.2, 0) is 37.3 Å². The van der Waals surface area contributed by atoms with E-state index in [1.807, 2.05) is 6.20 Å². The molecule has 1 N–H and O–H groups in total. The zero-order chi connectivity index (χ0) is 43.2. The molecule has 2 aromatic heterocycles. The fourth-order valence-electron chi connectivity index (χ4n) is 9.34. The zero-order valence-corrected chi connectivity index (χ0v) is 41.1. The summed E-state index contributed by atoms with van der Waals surface area (Å²) in [6.07, 6.45) is 1.91. The molecule has 4 nitrogen and oxygen atoms in total. The largest absolute Gasteiger partial charge is 0.507 e. The maximum absolute atomic E-state index is 12.6. The number of aromatic hydroxyl groups is 1. The van der Waals surface area contributed by atoms with Crippen LogP contribution in [0.5, 0.6) is 5.75 Å². The van der Waals surface area contributed by atoms with Gasteiger partial charge in [-0.25, -0.2) is 4.98 Å². The Morgan fingerprint density at radius 3 is 1.94 bits per heavy atom. The predicted molar refractivity (Wildman–Crippen MR) is 259 cm³/mol. The number of rotatable bonds is 4. The van der Waals surface area contributed by atoms with Gasteiger partial charge in [-0.05, 0) is 61.9 Å². The maximum Gasteiger partial charge on any atom is 0.148 e. The van der Waals surface area contributed by atoms with Crippen molar-refractivity contribution >= 4 is 29.4 Å². The molecule has 1 aliphatic heterocycles. The minimum atomic E-state index is -2.60. The SMILES string of the molecule is CC(C)(C)c1cc(-c2nc(-c3cccc4c(C(C)(C)C)cc(-c5cc(-c6ccccc6)ccn5)[c-]c34)c3n2-c2ccccc2-c2ccccc2[Si]3(C)C)c(O)c(C(C)(C)C)c1.[Pt]. The van der Waals surface area contributed by atoms with Crippen LogP contribution >= 0.6 is 0 Å². The van der Waals surface area contributed by atoms with Crippen LogP contribution in [0.4, 0.5) is 0 Å². The summed E-state index contributed by atoms with van der Waals surface area (Å²) >= 11 is 0. The Morgan fingerprint density at radius 2 is 1.24 bits per heavy atom. The minimum absolute atomic E-state index is 0. The number of benzene rings is 6. The number of fused-ring (bicyclic) bond motifs is 6. The Labute approximate surface area is 383 Å². The van der Waals surface area contributed by atoms with Crippen molar-refractivity contribution in [3.05, 3.63) is 156 Å². The topological polar surface area (TPSA) is 50.9 Å². The molecule has 0 saturated heterocycles. The van der Waals surface area contributed by atoms with Gasteiger partial charge in [-0.3, -0.25) is 9.55 Å². The molecule has 0 fully saturated rings. The van der Waals surface area contributed by atoms with E-state index in [9.17, 15) is 5.11 Å². The van der Waals surface area contributed by atoms with Gasteiger partial charge in [0.25, 0.3) is 0 Å². The third kappa shape index (κ3) is 7.31. The number of hydrogen-bond donors (Lipinski definition) is 1. The van der Waals surface area contributed by atoms with Gasteiger partial charge in [0.15, 0.2) is 0 Å². The summed E-state index contributed by atoms with van der Waals surface area (Å²) in [5, 5.41) is 17.3. The number of imidazole rings is 1. The van der Waals surface area contributed by atoms with Crippen molar-refractivity contribution in [1.82, 2.24) is 14.5 Å². The number of para-hydroxylation sites is 1. The quantitative estimate of drug-likeness (QED) is 0.141. The van der Waals surface area contributed by atoms with E-state index < -0.39 is 8.07 Å². The zero-order valence-electron chi connectivity index (χ0n) is 37.8. The van der Waals surface area contributed by atoms with Crippen molar-refractivity contribution in [2.45, 2.75) is 91.7 Å². The van der Waals surface area contributed by atoms with E-state index in [0.29, 0.717) is 0 Å². The Hall–Kier alpha value is -5.35. The normalized spacial score (nSPS) is 13.5. The number of phenols is 1. The molecule has 316 valence electrons. The third-order valence-electron chi connectivity index (χ3n) is 12.6. The molecule has 0 amide bonds. The summed E-state index contributed by atoms with van der Waals surface area (Å²) < 4.78 is 2.42. The molecule has 0 bridgehead atoms. The Bertz CT molecular complexity index is 3010. The number of phenolic OH excluding ortho intramolecular Hbond substituents is 1. The first-order valence-electron chi connectivity index (χ1n) is 21.6. The van der Waals surface area contributed by atoms with Gasteiger partial charge in [0.1, 0.15) is 19.6 Å². The van der Waals surface area contributed by atoms with E-state index in [-0.39, 0.29) is 43.1 Å². The van der Waals surface area contributed by atoms with Gasteiger partial charge in [-0.15, -0.1) is 23.1 Å². The van der Waals surface area contributed by atoms with E-state index in [2.05, 4.69) is 213 Å². The molecule has 0 saturated carbocycles. The molecule has 6 heteroatoms. The molecule has 0 spiro atoms. The summed E-state index contributed by atoms with van der Waals surface area (Å²) in [5.74, 6) is 1.03. The molecular formula is C56H56N3OPtSi-. The van der Waals surface area contributed by atoms with E-state index in [1.54, 1.807) is 0 Å². The van der Waals surface area contributed by atoms with Crippen LogP contribution in [0.25, 0.3) is 72.6 Å². The first-order chi connectivity index (χ1) is 28.8. The van der Waals surface area contributed by atoms with Crippen molar-refractivity contribution in [2.24, 2.45) is 0 Å². The fraction of sp³-hybridized carbons (Fsp3) is 0.250. The second kappa shape index (κ2) is 15.5.